The molecule has 0 aliphatic carbocycles. The Morgan fingerprint density at radius 3 is 2.89 bits per heavy atom. The summed E-state index contributed by atoms with van der Waals surface area (Å²) in [5, 5.41) is 0.589. The molecule has 0 radical (unpaired) electrons. The molecule has 0 saturated heterocycles. The molecule has 19 heavy (non-hydrogen) atoms. The lowest BCUT2D eigenvalue weighted by atomic mass is 10.2. The zero-order chi connectivity index (χ0) is 13.4. The second-order valence-electron chi connectivity index (χ2n) is 4.35. The summed E-state index contributed by atoms with van der Waals surface area (Å²) in [7, 11) is 0. The summed E-state index contributed by atoms with van der Waals surface area (Å²) < 4.78 is 5.29. The highest BCUT2D eigenvalue weighted by Gasteiger charge is 2.28. The molecule has 0 bridgehead atoms. The Hall–Kier alpha value is -2.07. The van der Waals surface area contributed by atoms with Crippen LogP contribution in [0.1, 0.15) is 21.9 Å². The van der Waals surface area contributed by atoms with E-state index in [1.165, 1.54) is 0 Å². The number of benzene rings is 1. The van der Waals surface area contributed by atoms with Crippen molar-refractivity contribution in [3.8, 4) is 0 Å². The molecule has 0 atom stereocenters. The molecule has 4 nitrogen and oxygen atoms in total. The third kappa shape index (κ3) is 2.15. The van der Waals surface area contributed by atoms with Crippen molar-refractivity contribution in [3.63, 3.8) is 0 Å². The molecule has 1 aromatic heterocycles. The summed E-state index contributed by atoms with van der Waals surface area (Å²) in [6, 6.07) is 8.68. The van der Waals surface area contributed by atoms with Gasteiger partial charge in [0.15, 0.2) is 12.0 Å². The predicted molar refractivity (Wildman–Crippen MR) is 70.4 cm³/mol. The lowest BCUT2D eigenvalue weighted by Gasteiger charge is -2.16. The lowest BCUT2D eigenvalue weighted by molar-refractivity contribution is -0.117. The van der Waals surface area contributed by atoms with Crippen LogP contribution >= 0.6 is 11.6 Å². The molecule has 1 aromatic carbocycles. The highest BCUT2D eigenvalue weighted by Crippen LogP contribution is 2.32. The largest absolute Gasteiger partial charge is 0.456 e. The van der Waals surface area contributed by atoms with Gasteiger partial charge < -0.3 is 9.32 Å². The standard InChI is InChI=1S/C14H10ClNO3/c15-10-2-1-9-5-14(18)16(13(9)6-10)7-11-3-4-12(8-17)19-11/h1-4,6,8H,5,7H2. The molecular formula is C14H10ClNO3. The summed E-state index contributed by atoms with van der Waals surface area (Å²) in [6.45, 7) is 0.306. The molecule has 0 spiro atoms. The smallest absolute Gasteiger partial charge is 0.231 e. The SMILES string of the molecule is O=Cc1ccc(CN2C(=O)Cc3ccc(Cl)cc32)o1. The van der Waals surface area contributed by atoms with E-state index in [1.54, 1.807) is 29.2 Å². The van der Waals surface area contributed by atoms with Crippen LogP contribution in [0, 0.1) is 0 Å². The molecule has 1 aliphatic heterocycles. The molecule has 2 aromatic rings. The van der Waals surface area contributed by atoms with Crippen LogP contribution < -0.4 is 4.90 Å². The number of anilines is 1. The molecule has 1 amide bonds. The van der Waals surface area contributed by atoms with Gasteiger partial charge in [-0.3, -0.25) is 9.59 Å². The Morgan fingerprint density at radius 2 is 2.16 bits per heavy atom. The van der Waals surface area contributed by atoms with Crippen molar-refractivity contribution in [2.75, 3.05) is 4.90 Å². The van der Waals surface area contributed by atoms with Crippen molar-refractivity contribution in [1.82, 2.24) is 0 Å². The average molecular weight is 276 g/mol. The van der Waals surface area contributed by atoms with Gasteiger partial charge in [0.2, 0.25) is 5.91 Å². The van der Waals surface area contributed by atoms with E-state index in [2.05, 4.69) is 0 Å². The second kappa shape index (κ2) is 4.55. The number of amides is 1. The van der Waals surface area contributed by atoms with Gasteiger partial charge in [-0.1, -0.05) is 17.7 Å². The first kappa shape index (κ1) is 12.0. The number of carbonyl (C=O) groups excluding carboxylic acids is 2. The minimum Gasteiger partial charge on any atom is -0.456 e. The maximum atomic E-state index is 12.0. The number of aldehydes is 1. The summed E-state index contributed by atoms with van der Waals surface area (Å²) in [5.74, 6) is 0.831. The van der Waals surface area contributed by atoms with Gasteiger partial charge in [0.25, 0.3) is 0 Å². The number of rotatable bonds is 3. The molecular weight excluding hydrogens is 266 g/mol. The van der Waals surface area contributed by atoms with Gasteiger partial charge >= 0.3 is 0 Å². The fourth-order valence-corrected chi connectivity index (χ4v) is 2.37. The van der Waals surface area contributed by atoms with Crippen molar-refractivity contribution in [2.45, 2.75) is 13.0 Å². The number of hydrogen-bond donors (Lipinski definition) is 0. The lowest BCUT2D eigenvalue weighted by Crippen LogP contribution is -2.25. The van der Waals surface area contributed by atoms with E-state index < -0.39 is 0 Å². The third-order valence-corrected chi connectivity index (χ3v) is 3.33. The topological polar surface area (TPSA) is 50.5 Å². The summed E-state index contributed by atoms with van der Waals surface area (Å²) >= 11 is 5.96. The van der Waals surface area contributed by atoms with Crippen molar-refractivity contribution < 1.29 is 14.0 Å². The molecule has 0 saturated carbocycles. The molecule has 0 N–H and O–H groups in total. The molecule has 0 unspecified atom stereocenters. The Labute approximate surface area is 114 Å². The Bertz CT molecular complexity index is 662. The summed E-state index contributed by atoms with van der Waals surface area (Å²) in [5.41, 5.74) is 1.76. The molecule has 96 valence electrons. The fourth-order valence-electron chi connectivity index (χ4n) is 2.20. The van der Waals surface area contributed by atoms with Gasteiger partial charge in [0.1, 0.15) is 5.76 Å². The van der Waals surface area contributed by atoms with Crippen LogP contribution in [0.25, 0.3) is 0 Å². The highest BCUT2D eigenvalue weighted by molar-refractivity contribution is 6.31. The van der Waals surface area contributed by atoms with Crippen LogP contribution in [0.15, 0.2) is 34.7 Å². The first-order valence-corrected chi connectivity index (χ1v) is 6.18. The molecule has 5 heteroatoms. The van der Waals surface area contributed by atoms with Gasteiger partial charge in [-0.2, -0.15) is 0 Å². The van der Waals surface area contributed by atoms with Gasteiger partial charge in [-0.15, -0.1) is 0 Å². The Kier molecular flexibility index (Phi) is 2.87. The number of hydrogen-bond acceptors (Lipinski definition) is 3. The van der Waals surface area contributed by atoms with Crippen molar-refractivity contribution in [1.29, 1.82) is 0 Å². The normalized spacial score (nSPS) is 13.7. The predicted octanol–water partition coefficient (Wildman–Crippen LogP) is 2.83. The van der Waals surface area contributed by atoms with Crippen LogP contribution in [0.3, 0.4) is 0 Å². The van der Waals surface area contributed by atoms with Gasteiger partial charge in [0.05, 0.1) is 13.0 Å². The van der Waals surface area contributed by atoms with Gasteiger partial charge in [0, 0.05) is 10.7 Å². The second-order valence-corrected chi connectivity index (χ2v) is 4.79. The van der Waals surface area contributed by atoms with E-state index in [0.29, 0.717) is 30.0 Å². The van der Waals surface area contributed by atoms with Crippen LogP contribution in [0.2, 0.25) is 5.02 Å². The number of fused-ring (bicyclic) bond motifs is 1. The van der Waals surface area contributed by atoms with E-state index in [0.717, 1.165) is 11.3 Å². The molecule has 0 fully saturated rings. The number of furan rings is 1. The first-order chi connectivity index (χ1) is 9.17. The van der Waals surface area contributed by atoms with Crippen molar-refractivity contribution in [2.24, 2.45) is 0 Å². The Balaban J connectivity index is 1.91. The van der Waals surface area contributed by atoms with Crippen LogP contribution in [0.5, 0.6) is 0 Å². The molecule has 3 rings (SSSR count). The monoisotopic (exact) mass is 275 g/mol. The fraction of sp³-hybridized carbons (Fsp3) is 0.143. The number of halogens is 1. The minimum absolute atomic E-state index is 0.00122. The summed E-state index contributed by atoms with van der Waals surface area (Å²) in [6.07, 6.45) is 1.01. The zero-order valence-electron chi connectivity index (χ0n) is 9.93. The molecule has 1 aliphatic rings. The summed E-state index contributed by atoms with van der Waals surface area (Å²) in [4.78, 5) is 24.2. The van der Waals surface area contributed by atoms with Crippen LogP contribution in [-0.2, 0) is 17.8 Å². The van der Waals surface area contributed by atoms with E-state index >= 15 is 0 Å². The Morgan fingerprint density at radius 1 is 1.32 bits per heavy atom. The maximum Gasteiger partial charge on any atom is 0.231 e. The van der Waals surface area contributed by atoms with Gasteiger partial charge in [-0.25, -0.2) is 0 Å². The number of carbonyl (C=O) groups is 2. The molecule has 2 heterocycles. The average Bonchev–Trinajstić information content (AvgIpc) is 2.96. The quantitative estimate of drug-likeness (QED) is 0.810. The van der Waals surface area contributed by atoms with E-state index in [-0.39, 0.29) is 11.7 Å². The van der Waals surface area contributed by atoms with E-state index in [4.69, 9.17) is 16.0 Å². The van der Waals surface area contributed by atoms with E-state index in [1.807, 2.05) is 6.07 Å². The van der Waals surface area contributed by atoms with Crippen molar-refractivity contribution in [3.05, 3.63) is 52.4 Å². The first-order valence-electron chi connectivity index (χ1n) is 5.80. The van der Waals surface area contributed by atoms with Crippen LogP contribution in [0.4, 0.5) is 5.69 Å². The van der Waals surface area contributed by atoms with Crippen LogP contribution in [-0.4, -0.2) is 12.2 Å². The highest BCUT2D eigenvalue weighted by atomic mass is 35.5. The third-order valence-electron chi connectivity index (χ3n) is 3.09. The van der Waals surface area contributed by atoms with Gasteiger partial charge in [-0.05, 0) is 29.8 Å². The number of nitrogens with zero attached hydrogens (tertiary/aromatic N) is 1. The van der Waals surface area contributed by atoms with E-state index in [9.17, 15) is 9.59 Å². The zero-order valence-corrected chi connectivity index (χ0v) is 10.7. The van der Waals surface area contributed by atoms with Crippen molar-refractivity contribution >= 4 is 29.5 Å². The minimum atomic E-state index is 0.00122. The maximum absolute atomic E-state index is 12.0.